The lowest BCUT2D eigenvalue weighted by Crippen LogP contribution is -2.14. The van der Waals surface area contributed by atoms with Crippen LogP contribution in [0.2, 0.25) is 5.15 Å². The summed E-state index contributed by atoms with van der Waals surface area (Å²) in [4.78, 5) is 7.80. The highest BCUT2D eigenvalue weighted by Crippen LogP contribution is 2.17. The maximum atomic E-state index is 12.1. The smallest absolute Gasteiger partial charge is 0.262 e. The summed E-state index contributed by atoms with van der Waals surface area (Å²) in [6.45, 7) is 3.78. The van der Waals surface area contributed by atoms with E-state index < -0.39 is 10.0 Å². The SMILES string of the molecule is Cc1ccc(S(=O)(=O)Nc2cnc(Cl)cn2)cc1C. The van der Waals surface area contributed by atoms with Gasteiger partial charge in [0.25, 0.3) is 10.0 Å². The van der Waals surface area contributed by atoms with Gasteiger partial charge >= 0.3 is 0 Å². The lowest BCUT2D eigenvalue weighted by atomic mass is 10.1. The van der Waals surface area contributed by atoms with Gasteiger partial charge in [-0.3, -0.25) is 4.72 Å². The molecular weight excluding hydrogens is 286 g/mol. The van der Waals surface area contributed by atoms with Crippen LogP contribution in [0.25, 0.3) is 0 Å². The Morgan fingerprint density at radius 1 is 1.11 bits per heavy atom. The average Bonchev–Trinajstić information content (AvgIpc) is 2.35. The molecule has 0 amide bonds. The first kappa shape index (κ1) is 13.8. The highest BCUT2D eigenvalue weighted by molar-refractivity contribution is 7.92. The molecule has 0 saturated carbocycles. The molecule has 1 aromatic carbocycles. The van der Waals surface area contributed by atoms with Crippen LogP contribution in [-0.4, -0.2) is 18.4 Å². The summed E-state index contributed by atoms with van der Waals surface area (Å²) in [7, 11) is -3.66. The molecule has 0 aliphatic rings. The number of rotatable bonds is 3. The van der Waals surface area contributed by atoms with Gasteiger partial charge in [0.15, 0.2) is 5.82 Å². The molecule has 0 atom stereocenters. The van der Waals surface area contributed by atoms with Gasteiger partial charge in [0.1, 0.15) is 5.15 Å². The molecule has 1 aromatic heterocycles. The van der Waals surface area contributed by atoms with E-state index in [2.05, 4.69) is 14.7 Å². The summed E-state index contributed by atoms with van der Waals surface area (Å²) in [5.41, 5.74) is 1.94. The molecule has 0 aliphatic carbocycles. The summed E-state index contributed by atoms with van der Waals surface area (Å²) in [6.07, 6.45) is 2.54. The van der Waals surface area contributed by atoms with Crippen molar-refractivity contribution in [2.24, 2.45) is 0 Å². The Balaban J connectivity index is 2.32. The highest BCUT2D eigenvalue weighted by Gasteiger charge is 2.15. The quantitative estimate of drug-likeness (QED) is 0.945. The Morgan fingerprint density at radius 3 is 2.42 bits per heavy atom. The Labute approximate surface area is 116 Å². The van der Waals surface area contributed by atoms with Crippen LogP contribution >= 0.6 is 11.6 Å². The van der Waals surface area contributed by atoms with Crippen molar-refractivity contribution in [3.8, 4) is 0 Å². The van der Waals surface area contributed by atoms with E-state index in [-0.39, 0.29) is 15.9 Å². The Hall–Kier alpha value is -1.66. The molecule has 2 rings (SSSR count). The van der Waals surface area contributed by atoms with Crippen molar-refractivity contribution >= 4 is 27.4 Å². The van der Waals surface area contributed by atoms with Crippen LogP contribution in [0.15, 0.2) is 35.5 Å². The van der Waals surface area contributed by atoms with E-state index >= 15 is 0 Å². The minimum absolute atomic E-state index is 0.127. The fraction of sp³-hybridized carbons (Fsp3) is 0.167. The van der Waals surface area contributed by atoms with Crippen molar-refractivity contribution in [2.45, 2.75) is 18.7 Å². The Kier molecular flexibility index (Phi) is 3.73. The van der Waals surface area contributed by atoms with E-state index in [9.17, 15) is 8.42 Å². The summed E-state index contributed by atoms with van der Waals surface area (Å²) in [6, 6.07) is 4.92. The highest BCUT2D eigenvalue weighted by atomic mass is 35.5. The molecular formula is C12H12ClN3O2S. The second-order valence-electron chi connectivity index (χ2n) is 4.08. The first-order valence-corrected chi connectivity index (χ1v) is 7.32. The molecule has 19 heavy (non-hydrogen) atoms. The van der Waals surface area contributed by atoms with Gasteiger partial charge in [0.2, 0.25) is 0 Å². The van der Waals surface area contributed by atoms with E-state index in [1.165, 1.54) is 12.4 Å². The minimum atomic E-state index is -3.66. The van der Waals surface area contributed by atoms with Crippen molar-refractivity contribution in [3.63, 3.8) is 0 Å². The Morgan fingerprint density at radius 2 is 1.84 bits per heavy atom. The average molecular weight is 298 g/mol. The van der Waals surface area contributed by atoms with Crippen molar-refractivity contribution in [1.82, 2.24) is 9.97 Å². The zero-order valence-electron chi connectivity index (χ0n) is 10.4. The number of aromatic nitrogens is 2. The zero-order valence-corrected chi connectivity index (χ0v) is 12.0. The molecule has 5 nitrogen and oxygen atoms in total. The first-order valence-electron chi connectivity index (χ1n) is 5.46. The van der Waals surface area contributed by atoms with Gasteiger partial charge in [-0.05, 0) is 37.1 Å². The van der Waals surface area contributed by atoms with E-state index in [1.54, 1.807) is 18.2 Å². The number of aryl methyl sites for hydroxylation is 2. The molecule has 0 bridgehead atoms. The normalized spacial score (nSPS) is 11.3. The van der Waals surface area contributed by atoms with Crippen LogP contribution in [0, 0.1) is 13.8 Å². The first-order chi connectivity index (χ1) is 8.88. The molecule has 0 unspecified atom stereocenters. The molecule has 0 aliphatic heterocycles. The van der Waals surface area contributed by atoms with Crippen LogP contribution in [0.5, 0.6) is 0 Å². The van der Waals surface area contributed by atoms with Gasteiger partial charge in [-0.25, -0.2) is 18.4 Å². The standard InChI is InChI=1S/C12H12ClN3O2S/c1-8-3-4-10(5-9(8)2)19(17,18)16-12-7-14-11(13)6-15-12/h3-7H,1-2H3,(H,15,16). The third-order valence-electron chi connectivity index (χ3n) is 2.65. The fourth-order valence-corrected chi connectivity index (χ4v) is 2.62. The number of benzene rings is 1. The lowest BCUT2D eigenvalue weighted by Gasteiger charge is -2.08. The van der Waals surface area contributed by atoms with Gasteiger partial charge in [0.05, 0.1) is 17.3 Å². The van der Waals surface area contributed by atoms with E-state index in [0.717, 1.165) is 11.1 Å². The number of sulfonamides is 1. The topological polar surface area (TPSA) is 72.0 Å². The van der Waals surface area contributed by atoms with Gasteiger partial charge in [0, 0.05) is 0 Å². The number of anilines is 1. The predicted molar refractivity (Wildman–Crippen MR) is 73.8 cm³/mol. The van der Waals surface area contributed by atoms with Gasteiger partial charge in [-0.15, -0.1) is 0 Å². The van der Waals surface area contributed by atoms with E-state index in [4.69, 9.17) is 11.6 Å². The van der Waals surface area contributed by atoms with Gasteiger partial charge < -0.3 is 0 Å². The molecule has 7 heteroatoms. The van der Waals surface area contributed by atoms with Gasteiger partial charge in [-0.2, -0.15) is 0 Å². The van der Waals surface area contributed by atoms with Crippen LogP contribution in [-0.2, 0) is 10.0 Å². The monoisotopic (exact) mass is 297 g/mol. The van der Waals surface area contributed by atoms with Crippen molar-refractivity contribution in [2.75, 3.05) is 4.72 Å². The number of hydrogen-bond donors (Lipinski definition) is 1. The number of nitrogens with one attached hydrogen (secondary N) is 1. The summed E-state index contributed by atoms with van der Waals surface area (Å²) in [5, 5.41) is 0.203. The minimum Gasteiger partial charge on any atom is -0.262 e. The van der Waals surface area contributed by atoms with Gasteiger partial charge in [-0.1, -0.05) is 17.7 Å². The lowest BCUT2D eigenvalue weighted by molar-refractivity contribution is 0.601. The van der Waals surface area contributed by atoms with Crippen molar-refractivity contribution in [1.29, 1.82) is 0 Å². The predicted octanol–water partition coefficient (Wildman–Crippen LogP) is 2.55. The second kappa shape index (κ2) is 5.14. The summed E-state index contributed by atoms with van der Waals surface area (Å²) < 4.78 is 26.6. The molecule has 0 spiro atoms. The third-order valence-corrected chi connectivity index (χ3v) is 4.20. The van der Waals surface area contributed by atoms with Crippen molar-refractivity contribution in [3.05, 3.63) is 46.9 Å². The van der Waals surface area contributed by atoms with Crippen LogP contribution < -0.4 is 4.72 Å². The molecule has 0 saturated heterocycles. The van der Waals surface area contributed by atoms with Crippen LogP contribution in [0.4, 0.5) is 5.82 Å². The largest absolute Gasteiger partial charge is 0.263 e. The zero-order chi connectivity index (χ0) is 14.0. The maximum Gasteiger partial charge on any atom is 0.263 e. The molecule has 1 heterocycles. The maximum absolute atomic E-state index is 12.1. The molecule has 0 fully saturated rings. The molecule has 0 radical (unpaired) electrons. The second-order valence-corrected chi connectivity index (χ2v) is 6.15. The van der Waals surface area contributed by atoms with E-state index in [1.807, 2.05) is 13.8 Å². The molecule has 100 valence electrons. The number of nitrogens with zero attached hydrogens (tertiary/aromatic N) is 2. The number of hydrogen-bond acceptors (Lipinski definition) is 4. The molecule has 2 aromatic rings. The van der Waals surface area contributed by atoms with Crippen molar-refractivity contribution < 1.29 is 8.42 Å². The Bertz CT molecular complexity index is 699. The fourth-order valence-electron chi connectivity index (χ4n) is 1.44. The number of halogens is 1. The summed E-state index contributed by atoms with van der Waals surface area (Å²) in [5.74, 6) is 0.127. The van der Waals surface area contributed by atoms with E-state index in [0.29, 0.717) is 0 Å². The summed E-state index contributed by atoms with van der Waals surface area (Å²) >= 11 is 5.59. The third kappa shape index (κ3) is 3.21. The van der Waals surface area contributed by atoms with Crippen LogP contribution in [0.3, 0.4) is 0 Å². The molecule has 1 N–H and O–H groups in total. The van der Waals surface area contributed by atoms with Crippen LogP contribution in [0.1, 0.15) is 11.1 Å².